The van der Waals surface area contributed by atoms with Crippen molar-refractivity contribution in [3.63, 3.8) is 0 Å². The molecular weight excluding hydrogens is 254 g/mol. The van der Waals surface area contributed by atoms with Crippen LogP contribution in [-0.4, -0.2) is 27.4 Å². The molecule has 0 aliphatic carbocycles. The van der Waals surface area contributed by atoms with Gasteiger partial charge in [-0.3, -0.25) is 9.78 Å². The van der Waals surface area contributed by atoms with Gasteiger partial charge in [-0.1, -0.05) is 6.92 Å². The van der Waals surface area contributed by atoms with Crippen molar-refractivity contribution in [3.05, 3.63) is 48.3 Å². The first kappa shape index (κ1) is 13.9. The van der Waals surface area contributed by atoms with Crippen molar-refractivity contribution in [2.24, 2.45) is 0 Å². The Morgan fingerprint density at radius 1 is 1.25 bits per heavy atom. The van der Waals surface area contributed by atoms with Crippen LogP contribution in [0.25, 0.3) is 0 Å². The van der Waals surface area contributed by atoms with Crippen LogP contribution >= 0.6 is 0 Å². The van der Waals surface area contributed by atoms with Gasteiger partial charge in [0.05, 0.1) is 23.5 Å². The molecule has 1 amide bonds. The van der Waals surface area contributed by atoms with Gasteiger partial charge in [0.25, 0.3) is 5.91 Å². The summed E-state index contributed by atoms with van der Waals surface area (Å²) in [4.78, 5) is 24.1. The predicted octanol–water partition coefficient (Wildman–Crippen LogP) is 1.62. The van der Waals surface area contributed by atoms with E-state index in [2.05, 4.69) is 32.5 Å². The van der Waals surface area contributed by atoms with Crippen LogP contribution in [0.4, 0.5) is 5.69 Å². The highest BCUT2D eigenvalue weighted by Gasteiger charge is 2.11. The Kier molecular flexibility index (Phi) is 5.00. The van der Waals surface area contributed by atoms with Gasteiger partial charge in [-0.25, -0.2) is 9.97 Å². The summed E-state index contributed by atoms with van der Waals surface area (Å²) < 4.78 is 0. The second kappa shape index (κ2) is 7.18. The summed E-state index contributed by atoms with van der Waals surface area (Å²) in [5.41, 5.74) is 2.09. The average molecular weight is 271 g/mol. The van der Waals surface area contributed by atoms with Gasteiger partial charge in [-0.2, -0.15) is 0 Å². The van der Waals surface area contributed by atoms with Gasteiger partial charge in [0.1, 0.15) is 6.33 Å². The Morgan fingerprint density at radius 3 is 2.85 bits per heavy atom. The summed E-state index contributed by atoms with van der Waals surface area (Å²) in [5, 5.41) is 6.04. The molecule has 0 saturated heterocycles. The molecule has 0 saturated carbocycles. The second-order valence-electron chi connectivity index (χ2n) is 4.23. The van der Waals surface area contributed by atoms with Gasteiger partial charge >= 0.3 is 0 Å². The number of aromatic nitrogens is 3. The zero-order valence-electron chi connectivity index (χ0n) is 11.3. The molecule has 2 aromatic rings. The number of rotatable bonds is 6. The lowest BCUT2D eigenvalue weighted by Gasteiger charge is -2.10. The van der Waals surface area contributed by atoms with Crippen molar-refractivity contribution in [2.45, 2.75) is 19.9 Å². The van der Waals surface area contributed by atoms with Gasteiger partial charge in [-0.15, -0.1) is 0 Å². The van der Waals surface area contributed by atoms with Crippen LogP contribution in [-0.2, 0) is 6.54 Å². The predicted molar refractivity (Wildman–Crippen MR) is 76.2 cm³/mol. The van der Waals surface area contributed by atoms with Crippen molar-refractivity contribution in [1.82, 2.24) is 20.3 Å². The quantitative estimate of drug-likeness (QED) is 0.834. The number of amides is 1. The molecular formula is C14H17N5O. The zero-order chi connectivity index (χ0) is 14.2. The summed E-state index contributed by atoms with van der Waals surface area (Å²) in [6.45, 7) is 3.25. The molecule has 2 heterocycles. The van der Waals surface area contributed by atoms with Crippen molar-refractivity contribution in [2.75, 3.05) is 11.9 Å². The van der Waals surface area contributed by atoms with Gasteiger partial charge in [0.2, 0.25) is 0 Å². The lowest BCUT2D eigenvalue weighted by molar-refractivity contribution is 0.0951. The number of nitrogens with one attached hydrogen (secondary N) is 2. The molecule has 0 radical (unpaired) electrons. The normalized spacial score (nSPS) is 10.1. The average Bonchev–Trinajstić information content (AvgIpc) is 2.52. The second-order valence-corrected chi connectivity index (χ2v) is 4.23. The molecule has 2 N–H and O–H groups in total. The van der Waals surface area contributed by atoms with E-state index in [1.165, 1.54) is 6.33 Å². The lowest BCUT2D eigenvalue weighted by atomic mass is 10.2. The Bertz CT molecular complexity index is 559. The van der Waals surface area contributed by atoms with E-state index in [4.69, 9.17) is 0 Å². The van der Waals surface area contributed by atoms with E-state index in [9.17, 15) is 4.79 Å². The number of anilines is 1. The fraction of sp³-hybridized carbons (Fsp3) is 0.286. The number of pyridine rings is 1. The van der Waals surface area contributed by atoms with E-state index in [0.717, 1.165) is 24.3 Å². The maximum atomic E-state index is 12.2. The van der Waals surface area contributed by atoms with E-state index in [1.54, 1.807) is 30.7 Å². The summed E-state index contributed by atoms with van der Waals surface area (Å²) in [5.74, 6) is -0.171. The third-order valence-electron chi connectivity index (χ3n) is 2.70. The van der Waals surface area contributed by atoms with E-state index in [0.29, 0.717) is 12.1 Å². The smallest absolute Gasteiger partial charge is 0.255 e. The molecule has 0 bridgehead atoms. The SMILES string of the molecule is CCCNc1ccncc1C(=O)NCc1ccncn1. The summed E-state index contributed by atoms with van der Waals surface area (Å²) in [6.07, 6.45) is 7.32. The van der Waals surface area contributed by atoms with Crippen molar-refractivity contribution in [3.8, 4) is 0 Å². The van der Waals surface area contributed by atoms with Crippen molar-refractivity contribution in [1.29, 1.82) is 0 Å². The number of hydrogen-bond donors (Lipinski definition) is 2. The van der Waals surface area contributed by atoms with Crippen LogP contribution in [0.1, 0.15) is 29.4 Å². The van der Waals surface area contributed by atoms with Gasteiger partial charge in [-0.05, 0) is 18.6 Å². The summed E-state index contributed by atoms with van der Waals surface area (Å²) in [7, 11) is 0. The molecule has 6 heteroatoms. The molecule has 0 atom stereocenters. The Balaban J connectivity index is 2.01. The van der Waals surface area contributed by atoms with Crippen molar-refractivity contribution >= 4 is 11.6 Å². The first-order valence-electron chi connectivity index (χ1n) is 6.52. The molecule has 0 spiro atoms. The highest BCUT2D eigenvalue weighted by atomic mass is 16.1. The number of carbonyl (C=O) groups excluding carboxylic acids is 1. The molecule has 0 aliphatic rings. The minimum absolute atomic E-state index is 0.171. The monoisotopic (exact) mass is 271 g/mol. The highest BCUT2D eigenvalue weighted by molar-refractivity contribution is 5.99. The largest absolute Gasteiger partial charge is 0.384 e. The Hall–Kier alpha value is -2.50. The minimum atomic E-state index is -0.171. The molecule has 2 rings (SSSR count). The van der Waals surface area contributed by atoms with E-state index < -0.39 is 0 Å². The van der Waals surface area contributed by atoms with Crippen LogP contribution in [0.5, 0.6) is 0 Å². The van der Waals surface area contributed by atoms with Crippen LogP contribution in [0.15, 0.2) is 37.1 Å². The number of nitrogens with zero attached hydrogens (tertiary/aromatic N) is 3. The molecule has 0 unspecified atom stereocenters. The molecule has 104 valence electrons. The Morgan fingerprint density at radius 2 is 2.10 bits per heavy atom. The number of carbonyl (C=O) groups is 1. The number of hydrogen-bond acceptors (Lipinski definition) is 5. The highest BCUT2D eigenvalue weighted by Crippen LogP contribution is 2.13. The van der Waals surface area contributed by atoms with E-state index in [1.807, 2.05) is 0 Å². The first-order chi connectivity index (χ1) is 9.81. The standard InChI is InChI=1S/C14H17N5O/c1-2-5-17-13-4-7-15-9-12(13)14(20)18-8-11-3-6-16-10-19-11/h3-4,6-7,9-10H,2,5,8H2,1H3,(H,15,17)(H,18,20). The molecule has 6 nitrogen and oxygen atoms in total. The van der Waals surface area contributed by atoms with Crippen LogP contribution < -0.4 is 10.6 Å². The summed E-state index contributed by atoms with van der Waals surface area (Å²) >= 11 is 0. The van der Waals surface area contributed by atoms with Crippen LogP contribution in [0.2, 0.25) is 0 Å². The van der Waals surface area contributed by atoms with Crippen LogP contribution in [0.3, 0.4) is 0 Å². The Labute approximate surface area is 117 Å². The first-order valence-corrected chi connectivity index (χ1v) is 6.52. The van der Waals surface area contributed by atoms with Gasteiger partial charge in [0, 0.05) is 25.1 Å². The van der Waals surface area contributed by atoms with Gasteiger partial charge < -0.3 is 10.6 Å². The van der Waals surface area contributed by atoms with Crippen molar-refractivity contribution < 1.29 is 4.79 Å². The minimum Gasteiger partial charge on any atom is -0.384 e. The van der Waals surface area contributed by atoms with E-state index in [-0.39, 0.29) is 5.91 Å². The molecule has 0 fully saturated rings. The lowest BCUT2D eigenvalue weighted by Crippen LogP contribution is -2.24. The topological polar surface area (TPSA) is 79.8 Å². The zero-order valence-corrected chi connectivity index (χ0v) is 11.3. The third kappa shape index (κ3) is 3.74. The fourth-order valence-electron chi connectivity index (χ4n) is 1.68. The fourth-order valence-corrected chi connectivity index (χ4v) is 1.68. The van der Waals surface area contributed by atoms with E-state index >= 15 is 0 Å². The summed E-state index contributed by atoms with van der Waals surface area (Å²) in [6, 6.07) is 3.56. The van der Waals surface area contributed by atoms with Crippen LogP contribution in [0, 0.1) is 0 Å². The maximum Gasteiger partial charge on any atom is 0.255 e. The maximum absolute atomic E-state index is 12.2. The molecule has 2 aromatic heterocycles. The molecule has 20 heavy (non-hydrogen) atoms. The molecule has 0 aromatic carbocycles. The third-order valence-corrected chi connectivity index (χ3v) is 2.70. The molecule has 0 aliphatic heterocycles. The van der Waals surface area contributed by atoms with Gasteiger partial charge in [0.15, 0.2) is 0 Å².